The lowest BCUT2D eigenvalue weighted by Gasteiger charge is -2.08. The normalized spacial score (nSPS) is 10.8. The summed E-state index contributed by atoms with van der Waals surface area (Å²) in [5, 5.41) is 21.9. The van der Waals surface area contributed by atoms with Gasteiger partial charge in [0, 0.05) is 22.0 Å². The van der Waals surface area contributed by atoms with Gasteiger partial charge in [0.2, 0.25) is 0 Å². The first kappa shape index (κ1) is 16.2. The van der Waals surface area contributed by atoms with Crippen LogP contribution >= 0.6 is 11.6 Å². The molecule has 0 aliphatic heterocycles. The van der Waals surface area contributed by atoms with Crippen molar-refractivity contribution in [1.29, 1.82) is 0 Å². The van der Waals surface area contributed by atoms with Crippen molar-refractivity contribution in [1.82, 2.24) is 15.2 Å². The number of nitrogens with one attached hydrogen (secondary N) is 1. The van der Waals surface area contributed by atoms with Crippen LogP contribution in [0.5, 0.6) is 5.75 Å². The van der Waals surface area contributed by atoms with Gasteiger partial charge in [-0.3, -0.25) is 0 Å². The minimum Gasteiger partial charge on any atom is -0.508 e. The predicted molar refractivity (Wildman–Crippen MR) is 99.1 cm³/mol. The van der Waals surface area contributed by atoms with Crippen molar-refractivity contribution in [2.45, 2.75) is 0 Å². The third-order valence-electron chi connectivity index (χ3n) is 3.81. The summed E-state index contributed by atoms with van der Waals surface area (Å²) in [4.78, 5) is 4.45. The zero-order chi connectivity index (χ0) is 18.1. The van der Waals surface area contributed by atoms with Crippen LogP contribution in [0, 0.1) is 5.82 Å². The first-order valence-corrected chi connectivity index (χ1v) is 8.11. The smallest absolute Gasteiger partial charge is 0.132 e. The zero-order valence-electron chi connectivity index (χ0n) is 13.3. The molecule has 0 radical (unpaired) electrons. The Labute approximate surface area is 153 Å². The van der Waals surface area contributed by atoms with E-state index >= 15 is 0 Å². The molecule has 0 saturated heterocycles. The average Bonchev–Trinajstić information content (AvgIpc) is 2.63. The number of rotatable bonds is 3. The van der Waals surface area contributed by atoms with Crippen molar-refractivity contribution in [2.75, 3.05) is 5.32 Å². The Morgan fingerprint density at radius 2 is 1.85 bits per heavy atom. The Morgan fingerprint density at radius 3 is 2.73 bits per heavy atom. The molecule has 7 heteroatoms. The number of benzene rings is 2. The number of phenols is 1. The molecule has 2 aromatic heterocycles. The van der Waals surface area contributed by atoms with E-state index in [4.69, 9.17) is 11.6 Å². The van der Waals surface area contributed by atoms with E-state index in [2.05, 4.69) is 20.5 Å². The summed E-state index contributed by atoms with van der Waals surface area (Å²) in [5.41, 5.74) is 1.87. The van der Waals surface area contributed by atoms with Gasteiger partial charge in [-0.1, -0.05) is 11.6 Å². The SMILES string of the molecule is Oc1ccc2ccc(Nc3cnnc(-c4cc(Cl)ccc4F)c3)nc2c1. The largest absolute Gasteiger partial charge is 0.508 e. The van der Waals surface area contributed by atoms with Crippen LogP contribution < -0.4 is 5.32 Å². The van der Waals surface area contributed by atoms with Gasteiger partial charge in [-0.15, -0.1) is 0 Å². The van der Waals surface area contributed by atoms with Gasteiger partial charge in [-0.2, -0.15) is 10.2 Å². The van der Waals surface area contributed by atoms with Crippen LogP contribution in [-0.2, 0) is 0 Å². The van der Waals surface area contributed by atoms with Crippen LogP contribution in [0.1, 0.15) is 0 Å². The lowest BCUT2D eigenvalue weighted by atomic mass is 10.1. The van der Waals surface area contributed by atoms with Crippen molar-refractivity contribution in [2.24, 2.45) is 0 Å². The van der Waals surface area contributed by atoms with Crippen molar-refractivity contribution < 1.29 is 9.50 Å². The van der Waals surface area contributed by atoms with Crippen LogP contribution in [-0.4, -0.2) is 20.3 Å². The number of nitrogens with zero attached hydrogens (tertiary/aromatic N) is 3. The van der Waals surface area contributed by atoms with E-state index in [1.807, 2.05) is 6.07 Å². The van der Waals surface area contributed by atoms with Crippen molar-refractivity contribution in [3.05, 3.63) is 71.6 Å². The van der Waals surface area contributed by atoms with Gasteiger partial charge in [0.1, 0.15) is 17.4 Å². The quantitative estimate of drug-likeness (QED) is 0.537. The molecule has 4 aromatic rings. The lowest BCUT2D eigenvalue weighted by molar-refractivity contribution is 0.476. The number of fused-ring (bicyclic) bond motifs is 1. The Morgan fingerprint density at radius 1 is 1.00 bits per heavy atom. The van der Waals surface area contributed by atoms with E-state index in [0.717, 1.165) is 5.39 Å². The van der Waals surface area contributed by atoms with Crippen LogP contribution in [0.2, 0.25) is 5.02 Å². The molecule has 2 aromatic carbocycles. The molecular formula is C19H12ClFN4O. The fraction of sp³-hybridized carbons (Fsp3) is 0. The van der Waals surface area contributed by atoms with E-state index in [1.165, 1.54) is 24.4 Å². The van der Waals surface area contributed by atoms with Crippen molar-refractivity contribution in [3.8, 4) is 17.0 Å². The monoisotopic (exact) mass is 366 g/mol. The van der Waals surface area contributed by atoms with Crippen LogP contribution in [0.3, 0.4) is 0 Å². The molecule has 0 amide bonds. The number of pyridine rings is 1. The Hall–Kier alpha value is -3.25. The highest BCUT2D eigenvalue weighted by Gasteiger charge is 2.09. The molecule has 0 spiro atoms. The van der Waals surface area contributed by atoms with E-state index < -0.39 is 5.82 Å². The Balaban J connectivity index is 1.68. The van der Waals surface area contributed by atoms with E-state index in [9.17, 15) is 9.50 Å². The minimum absolute atomic E-state index is 0.145. The fourth-order valence-corrected chi connectivity index (χ4v) is 2.76. The van der Waals surface area contributed by atoms with Gasteiger partial charge in [-0.25, -0.2) is 9.37 Å². The molecule has 26 heavy (non-hydrogen) atoms. The van der Waals surface area contributed by atoms with E-state index in [0.29, 0.717) is 27.7 Å². The summed E-state index contributed by atoms with van der Waals surface area (Å²) >= 11 is 5.94. The second-order valence-electron chi connectivity index (χ2n) is 5.65. The van der Waals surface area contributed by atoms with Crippen LogP contribution in [0.15, 0.2) is 60.8 Å². The van der Waals surface area contributed by atoms with Gasteiger partial charge in [-0.05, 0) is 48.5 Å². The summed E-state index contributed by atoms with van der Waals surface area (Å²) in [6.07, 6.45) is 1.51. The first-order valence-electron chi connectivity index (χ1n) is 7.73. The molecule has 0 bridgehead atoms. The molecule has 0 aliphatic rings. The Bertz CT molecular complexity index is 1120. The van der Waals surface area contributed by atoms with Gasteiger partial charge in [0.15, 0.2) is 0 Å². The maximum absolute atomic E-state index is 14.0. The molecule has 0 saturated carbocycles. The second kappa shape index (κ2) is 6.57. The van der Waals surface area contributed by atoms with Crippen LogP contribution in [0.4, 0.5) is 15.9 Å². The molecule has 4 rings (SSSR count). The molecule has 0 unspecified atom stereocenters. The number of anilines is 2. The van der Waals surface area contributed by atoms with E-state index in [-0.39, 0.29) is 11.3 Å². The standard InChI is InChI=1S/C19H12ClFN4O/c20-12-3-5-16(21)15(7-12)18-8-13(10-22-25-18)23-19-6-2-11-1-4-14(26)9-17(11)24-19/h1-10,26H,(H,23,24,25). The summed E-state index contributed by atoms with van der Waals surface area (Å²) in [6.45, 7) is 0. The predicted octanol–water partition coefficient (Wildman–Crippen LogP) is 4.93. The van der Waals surface area contributed by atoms with Crippen molar-refractivity contribution in [3.63, 3.8) is 0 Å². The third kappa shape index (κ3) is 3.27. The average molecular weight is 367 g/mol. The highest BCUT2D eigenvalue weighted by molar-refractivity contribution is 6.30. The van der Waals surface area contributed by atoms with Gasteiger partial charge in [0.05, 0.1) is 23.1 Å². The molecule has 2 heterocycles. The van der Waals surface area contributed by atoms with Crippen molar-refractivity contribution >= 4 is 34.0 Å². The molecule has 0 fully saturated rings. The molecule has 2 N–H and O–H groups in total. The van der Waals surface area contributed by atoms with Crippen LogP contribution in [0.25, 0.3) is 22.2 Å². The molecule has 128 valence electrons. The number of phenolic OH excluding ortho intramolecular Hbond substituents is 1. The maximum Gasteiger partial charge on any atom is 0.132 e. The molecule has 0 aliphatic carbocycles. The number of aromatic nitrogens is 3. The first-order chi connectivity index (χ1) is 12.6. The van der Waals surface area contributed by atoms with E-state index in [1.54, 1.807) is 30.3 Å². The maximum atomic E-state index is 14.0. The highest BCUT2D eigenvalue weighted by atomic mass is 35.5. The topological polar surface area (TPSA) is 70.9 Å². The Kier molecular flexibility index (Phi) is 4.10. The minimum atomic E-state index is -0.430. The number of hydrogen-bond donors (Lipinski definition) is 2. The molecular weight excluding hydrogens is 355 g/mol. The molecule has 5 nitrogen and oxygen atoms in total. The summed E-state index contributed by atoms with van der Waals surface area (Å²) in [6, 6.07) is 14.6. The number of aromatic hydroxyl groups is 1. The zero-order valence-corrected chi connectivity index (χ0v) is 14.1. The number of hydrogen-bond acceptors (Lipinski definition) is 5. The lowest BCUT2D eigenvalue weighted by Crippen LogP contribution is -1.97. The molecule has 0 atom stereocenters. The summed E-state index contributed by atoms with van der Waals surface area (Å²) < 4.78 is 14.0. The highest BCUT2D eigenvalue weighted by Crippen LogP contribution is 2.27. The van der Waals surface area contributed by atoms with Gasteiger partial charge >= 0.3 is 0 Å². The van der Waals surface area contributed by atoms with Gasteiger partial charge in [0.25, 0.3) is 0 Å². The fourth-order valence-electron chi connectivity index (χ4n) is 2.58. The summed E-state index contributed by atoms with van der Waals surface area (Å²) in [5.74, 6) is 0.278. The third-order valence-corrected chi connectivity index (χ3v) is 4.04. The summed E-state index contributed by atoms with van der Waals surface area (Å²) in [7, 11) is 0. The van der Waals surface area contributed by atoms with Gasteiger partial charge < -0.3 is 10.4 Å². The second-order valence-corrected chi connectivity index (χ2v) is 6.09. The number of halogens is 2.